The molecule has 0 bridgehead atoms. The minimum absolute atomic E-state index is 0.111. The third-order valence-electron chi connectivity index (χ3n) is 6.10. The molecule has 0 spiro atoms. The van der Waals surface area contributed by atoms with Crippen LogP contribution in [-0.2, 0) is 9.59 Å². The number of aryl methyl sites for hydroxylation is 1. The third kappa shape index (κ3) is 4.25. The molecule has 1 saturated heterocycles. The number of fused-ring (bicyclic) bond motifs is 1. The minimum Gasteiger partial charge on any atom is -0.503 e. The molecule has 0 unspecified atom stereocenters. The summed E-state index contributed by atoms with van der Waals surface area (Å²) in [5, 5.41) is 11.7. The molecular weight excluding hydrogens is 536 g/mol. The Balaban J connectivity index is 1.73. The number of hydrogen-bond donors (Lipinski definition) is 1. The van der Waals surface area contributed by atoms with Crippen molar-refractivity contribution in [3.05, 3.63) is 100 Å². The molecule has 1 heterocycles. The van der Waals surface area contributed by atoms with E-state index < -0.39 is 17.8 Å². The number of hydrogen-bond acceptors (Lipinski definition) is 5. The largest absolute Gasteiger partial charge is 0.503 e. The number of barbiturate groups is 1. The average molecular weight is 557 g/mol. The van der Waals surface area contributed by atoms with Crippen LogP contribution < -0.4 is 14.5 Å². The predicted molar refractivity (Wildman–Crippen MR) is 146 cm³/mol. The summed E-state index contributed by atoms with van der Waals surface area (Å²) in [6.45, 7) is 1.85. The summed E-state index contributed by atoms with van der Waals surface area (Å²) in [4.78, 5) is 43.4. The Morgan fingerprint density at radius 1 is 0.865 bits per heavy atom. The van der Waals surface area contributed by atoms with Crippen LogP contribution in [0.3, 0.4) is 0 Å². The van der Waals surface area contributed by atoms with E-state index in [-0.39, 0.29) is 17.1 Å². The molecule has 0 radical (unpaired) electrons. The van der Waals surface area contributed by atoms with Gasteiger partial charge in [0.1, 0.15) is 5.57 Å². The van der Waals surface area contributed by atoms with E-state index in [4.69, 9.17) is 4.74 Å². The van der Waals surface area contributed by atoms with Crippen LogP contribution in [0.2, 0.25) is 0 Å². The summed E-state index contributed by atoms with van der Waals surface area (Å²) >= 11 is 3.27. The van der Waals surface area contributed by atoms with Gasteiger partial charge in [-0.3, -0.25) is 9.59 Å². The van der Waals surface area contributed by atoms with Crippen LogP contribution in [0.5, 0.6) is 11.5 Å². The second kappa shape index (κ2) is 9.55. The molecule has 184 valence electrons. The second-order valence-electron chi connectivity index (χ2n) is 8.51. The number of aromatic hydroxyl groups is 1. The van der Waals surface area contributed by atoms with Gasteiger partial charge < -0.3 is 9.84 Å². The fourth-order valence-corrected chi connectivity index (χ4v) is 4.80. The summed E-state index contributed by atoms with van der Waals surface area (Å²) in [6, 6.07) is 22.0. The predicted octanol–water partition coefficient (Wildman–Crippen LogP) is 6.21. The lowest BCUT2D eigenvalue weighted by molar-refractivity contribution is -0.121. The Kier molecular flexibility index (Phi) is 6.27. The number of carbonyl (C=O) groups excluding carboxylic acids is 3. The molecule has 37 heavy (non-hydrogen) atoms. The topological polar surface area (TPSA) is 87.2 Å². The van der Waals surface area contributed by atoms with E-state index in [2.05, 4.69) is 15.9 Å². The molecule has 1 aliphatic heterocycles. The molecule has 0 aromatic heterocycles. The zero-order valence-electron chi connectivity index (χ0n) is 19.9. The van der Waals surface area contributed by atoms with Crippen molar-refractivity contribution in [3.8, 4) is 11.5 Å². The third-order valence-corrected chi connectivity index (χ3v) is 6.70. The number of phenolic OH excluding ortho intramolecular Hbond substituents is 1. The number of amides is 4. The lowest BCUT2D eigenvalue weighted by Crippen LogP contribution is -2.57. The number of nitrogens with zero attached hydrogens (tertiary/aromatic N) is 2. The molecule has 4 amide bonds. The van der Waals surface area contributed by atoms with E-state index in [1.54, 1.807) is 36.4 Å². The Labute approximate surface area is 221 Å². The number of phenols is 1. The fraction of sp³-hybridized carbons (Fsp3) is 0.0690. The quantitative estimate of drug-likeness (QED) is 0.238. The van der Waals surface area contributed by atoms with Crippen LogP contribution in [0.4, 0.5) is 16.2 Å². The first-order valence-electron chi connectivity index (χ1n) is 11.4. The SMILES string of the molecule is COc1cc(C=C2C(=O)N(c3cccc(C)c3)C(=O)N(c3cccc4ccccc34)C2=O)cc(Br)c1O. The highest BCUT2D eigenvalue weighted by atomic mass is 79.9. The van der Waals surface area contributed by atoms with Gasteiger partial charge in [0.25, 0.3) is 11.8 Å². The summed E-state index contributed by atoms with van der Waals surface area (Å²) in [7, 11) is 1.40. The molecule has 1 N–H and O–H groups in total. The Hall–Kier alpha value is -4.43. The van der Waals surface area contributed by atoms with Crippen molar-refractivity contribution in [1.82, 2.24) is 0 Å². The number of benzene rings is 4. The minimum atomic E-state index is -0.765. The number of urea groups is 1. The Morgan fingerprint density at radius 3 is 2.32 bits per heavy atom. The van der Waals surface area contributed by atoms with Gasteiger partial charge in [-0.25, -0.2) is 14.6 Å². The van der Waals surface area contributed by atoms with E-state index in [0.29, 0.717) is 26.8 Å². The van der Waals surface area contributed by atoms with Crippen molar-refractivity contribution in [1.29, 1.82) is 0 Å². The summed E-state index contributed by atoms with van der Waals surface area (Å²) in [6.07, 6.45) is 1.39. The van der Waals surface area contributed by atoms with Gasteiger partial charge in [0, 0.05) is 5.39 Å². The molecule has 0 aliphatic carbocycles. The summed E-state index contributed by atoms with van der Waals surface area (Å²) < 4.78 is 5.54. The molecular formula is C29H21BrN2O5. The standard InChI is InChI=1S/C29H21BrN2O5/c1-17-7-5-10-20(13-17)31-27(34)22(14-18-15-23(30)26(33)25(16-18)37-2)28(35)32(29(31)36)24-12-6-9-19-8-3-4-11-21(19)24/h3-16,33H,1-2H3. The molecule has 7 nitrogen and oxygen atoms in total. The maximum atomic E-state index is 13.8. The van der Waals surface area contributed by atoms with Crippen molar-refractivity contribution in [2.45, 2.75) is 6.92 Å². The lowest BCUT2D eigenvalue weighted by Gasteiger charge is -2.34. The number of carbonyl (C=O) groups is 3. The zero-order valence-corrected chi connectivity index (χ0v) is 21.5. The molecule has 4 aromatic rings. The average Bonchev–Trinajstić information content (AvgIpc) is 2.89. The monoisotopic (exact) mass is 556 g/mol. The van der Waals surface area contributed by atoms with Gasteiger partial charge in [-0.2, -0.15) is 0 Å². The number of rotatable bonds is 4. The molecule has 0 atom stereocenters. The van der Waals surface area contributed by atoms with Crippen molar-refractivity contribution >= 4 is 62.0 Å². The van der Waals surface area contributed by atoms with Crippen LogP contribution in [0, 0.1) is 6.92 Å². The maximum Gasteiger partial charge on any atom is 0.343 e. The van der Waals surface area contributed by atoms with Gasteiger partial charge in [0.15, 0.2) is 11.5 Å². The van der Waals surface area contributed by atoms with Crippen LogP contribution >= 0.6 is 15.9 Å². The van der Waals surface area contributed by atoms with Gasteiger partial charge in [0.05, 0.1) is 23.0 Å². The van der Waals surface area contributed by atoms with E-state index in [1.807, 2.05) is 43.3 Å². The van der Waals surface area contributed by atoms with E-state index in [1.165, 1.54) is 19.3 Å². The summed E-state index contributed by atoms with van der Waals surface area (Å²) in [5.41, 5.74) is 1.78. The first-order chi connectivity index (χ1) is 17.8. The van der Waals surface area contributed by atoms with Crippen LogP contribution in [-0.4, -0.2) is 30.1 Å². The number of ether oxygens (including phenoxy) is 1. The Morgan fingerprint density at radius 2 is 1.57 bits per heavy atom. The molecule has 1 fully saturated rings. The van der Waals surface area contributed by atoms with Crippen LogP contribution in [0.25, 0.3) is 16.8 Å². The highest BCUT2D eigenvalue weighted by molar-refractivity contribution is 9.10. The number of anilines is 2. The highest BCUT2D eigenvalue weighted by Gasteiger charge is 2.44. The van der Waals surface area contributed by atoms with Crippen molar-refractivity contribution < 1.29 is 24.2 Å². The zero-order chi connectivity index (χ0) is 26.3. The van der Waals surface area contributed by atoms with Gasteiger partial charge >= 0.3 is 6.03 Å². The fourth-order valence-electron chi connectivity index (χ4n) is 4.34. The van der Waals surface area contributed by atoms with Gasteiger partial charge in [-0.15, -0.1) is 0 Å². The van der Waals surface area contributed by atoms with Crippen LogP contribution in [0.1, 0.15) is 11.1 Å². The normalized spacial score (nSPS) is 15.1. The number of methoxy groups -OCH3 is 1. The Bertz CT molecular complexity index is 1620. The lowest BCUT2D eigenvalue weighted by atomic mass is 10.0. The highest BCUT2D eigenvalue weighted by Crippen LogP contribution is 2.37. The number of imide groups is 2. The van der Waals surface area contributed by atoms with Crippen LogP contribution in [0.15, 0.2) is 88.9 Å². The van der Waals surface area contributed by atoms with Gasteiger partial charge in [-0.1, -0.05) is 48.5 Å². The van der Waals surface area contributed by atoms with Gasteiger partial charge in [0.2, 0.25) is 0 Å². The van der Waals surface area contributed by atoms with Gasteiger partial charge in [-0.05, 0) is 75.8 Å². The molecule has 1 aliphatic rings. The second-order valence-corrected chi connectivity index (χ2v) is 9.37. The molecule has 5 rings (SSSR count). The smallest absolute Gasteiger partial charge is 0.343 e. The molecule has 4 aromatic carbocycles. The molecule has 8 heteroatoms. The van der Waals surface area contributed by atoms with E-state index >= 15 is 0 Å². The first kappa shape index (κ1) is 24.3. The van der Waals surface area contributed by atoms with Crippen molar-refractivity contribution in [2.75, 3.05) is 16.9 Å². The molecule has 0 saturated carbocycles. The summed E-state index contributed by atoms with van der Waals surface area (Å²) in [5.74, 6) is -1.45. The van der Waals surface area contributed by atoms with E-state index in [0.717, 1.165) is 20.7 Å². The first-order valence-corrected chi connectivity index (χ1v) is 12.1. The maximum absolute atomic E-state index is 13.8. The van der Waals surface area contributed by atoms with Crippen molar-refractivity contribution in [2.24, 2.45) is 0 Å². The van der Waals surface area contributed by atoms with Crippen molar-refractivity contribution in [3.63, 3.8) is 0 Å². The van der Waals surface area contributed by atoms with E-state index in [9.17, 15) is 19.5 Å². The number of halogens is 1.